The summed E-state index contributed by atoms with van der Waals surface area (Å²) in [6.07, 6.45) is 4.85. The maximum Gasteiger partial charge on any atom is 0.234 e. The number of piperidine rings is 1. The summed E-state index contributed by atoms with van der Waals surface area (Å²) in [4.78, 5) is 13.9. The van der Waals surface area contributed by atoms with Gasteiger partial charge >= 0.3 is 0 Å². The fourth-order valence-corrected chi connectivity index (χ4v) is 2.18. The van der Waals surface area contributed by atoms with Crippen LogP contribution in [0.2, 0.25) is 0 Å². The highest BCUT2D eigenvalue weighted by molar-refractivity contribution is 5.78. The summed E-state index contributed by atoms with van der Waals surface area (Å²) in [6, 6.07) is 0.877. The van der Waals surface area contributed by atoms with E-state index in [0.717, 1.165) is 13.0 Å². The fraction of sp³-hybridized carbons (Fsp3) is 0.923. The Hall–Kier alpha value is -0.610. The van der Waals surface area contributed by atoms with E-state index in [1.54, 1.807) is 0 Å². The van der Waals surface area contributed by atoms with Crippen LogP contribution in [0.5, 0.6) is 0 Å². The first-order chi connectivity index (χ1) is 8.13. The molecule has 1 aliphatic rings. The molecule has 0 aromatic carbocycles. The maximum absolute atomic E-state index is 11.5. The van der Waals surface area contributed by atoms with Crippen molar-refractivity contribution in [1.29, 1.82) is 0 Å². The van der Waals surface area contributed by atoms with E-state index >= 15 is 0 Å². The number of amides is 1. The zero-order valence-electron chi connectivity index (χ0n) is 11.5. The smallest absolute Gasteiger partial charge is 0.234 e. The summed E-state index contributed by atoms with van der Waals surface area (Å²) in [6.45, 7) is 6.66. The van der Waals surface area contributed by atoms with Gasteiger partial charge in [0.15, 0.2) is 0 Å². The number of likely N-dealkylation sites (tertiary alicyclic amines) is 1. The van der Waals surface area contributed by atoms with Crippen molar-refractivity contribution in [1.82, 2.24) is 15.5 Å². The first-order valence-corrected chi connectivity index (χ1v) is 6.83. The van der Waals surface area contributed by atoms with Crippen molar-refractivity contribution < 1.29 is 4.79 Å². The van der Waals surface area contributed by atoms with Crippen molar-refractivity contribution in [2.24, 2.45) is 0 Å². The molecule has 17 heavy (non-hydrogen) atoms. The molecule has 4 heteroatoms. The summed E-state index contributed by atoms with van der Waals surface area (Å²) in [5, 5.41) is 6.22. The Labute approximate surface area is 105 Å². The van der Waals surface area contributed by atoms with E-state index in [2.05, 4.69) is 29.5 Å². The normalized spacial score (nSPS) is 23.4. The van der Waals surface area contributed by atoms with Crippen LogP contribution in [0.25, 0.3) is 0 Å². The second-order valence-corrected chi connectivity index (χ2v) is 5.14. The number of carbonyl (C=O) groups excluding carboxylic acids is 1. The monoisotopic (exact) mass is 241 g/mol. The number of nitrogens with zero attached hydrogens (tertiary/aromatic N) is 1. The third kappa shape index (κ3) is 5.50. The van der Waals surface area contributed by atoms with Crippen LogP contribution in [0, 0.1) is 0 Å². The number of hydrogen-bond donors (Lipinski definition) is 2. The van der Waals surface area contributed by atoms with Gasteiger partial charge in [-0.2, -0.15) is 0 Å². The van der Waals surface area contributed by atoms with Gasteiger partial charge in [0.2, 0.25) is 5.91 Å². The second-order valence-electron chi connectivity index (χ2n) is 5.14. The summed E-state index contributed by atoms with van der Waals surface area (Å²) in [7, 11) is 2.17. The minimum atomic E-state index is 0.109. The summed E-state index contributed by atoms with van der Waals surface area (Å²) in [5.74, 6) is 0.109. The van der Waals surface area contributed by atoms with Gasteiger partial charge in [0.25, 0.3) is 0 Å². The molecule has 1 heterocycles. The second kappa shape index (κ2) is 7.67. The standard InChI is InChI=1S/C13H27N3O/c1-4-11(2)15-13(17)10-14-9-12-7-5-6-8-16(12)3/h11-12,14H,4-10H2,1-3H3,(H,15,17). The summed E-state index contributed by atoms with van der Waals surface area (Å²) >= 11 is 0. The molecule has 2 unspecified atom stereocenters. The third-order valence-electron chi connectivity index (χ3n) is 3.61. The molecule has 2 N–H and O–H groups in total. The van der Waals surface area contributed by atoms with Gasteiger partial charge in [-0.25, -0.2) is 0 Å². The van der Waals surface area contributed by atoms with E-state index in [4.69, 9.17) is 0 Å². The number of nitrogens with one attached hydrogen (secondary N) is 2. The molecule has 0 saturated carbocycles. The number of rotatable bonds is 6. The van der Waals surface area contributed by atoms with Gasteiger partial charge < -0.3 is 15.5 Å². The molecule has 0 spiro atoms. The molecule has 0 aromatic rings. The van der Waals surface area contributed by atoms with Crippen LogP contribution in [-0.4, -0.2) is 49.6 Å². The van der Waals surface area contributed by atoms with Crippen LogP contribution < -0.4 is 10.6 Å². The molecule has 1 fully saturated rings. The van der Waals surface area contributed by atoms with E-state index in [0.29, 0.717) is 12.6 Å². The SMILES string of the molecule is CCC(C)NC(=O)CNCC1CCCCN1C. The lowest BCUT2D eigenvalue weighted by atomic mass is 10.0. The lowest BCUT2D eigenvalue weighted by Gasteiger charge is -2.32. The Kier molecular flexibility index (Phi) is 6.52. The Morgan fingerprint density at radius 1 is 1.47 bits per heavy atom. The number of hydrogen-bond acceptors (Lipinski definition) is 3. The maximum atomic E-state index is 11.5. The highest BCUT2D eigenvalue weighted by atomic mass is 16.1. The molecule has 0 radical (unpaired) electrons. The molecule has 1 aliphatic heterocycles. The minimum Gasteiger partial charge on any atom is -0.353 e. The van der Waals surface area contributed by atoms with Gasteiger partial charge in [0.05, 0.1) is 6.54 Å². The van der Waals surface area contributed by atoms with Gasteiger partial charge in [-0.15, -0.1) is 0 Å². The third-order valence-corrected chi connectivity index (χ3v) is 3.61. The minimum absolute atomic E-state index is 0.109. The summed E-state index contributed by atoms with van der Waals surface area (Å²) < 4.78 is 0. The zero-order valence-corrected chi connectivity index (χ0v) is 11.5. The molecule has 1 rings (SSSR count). The molecule has 1 saturated heterocycles. The lowest BCUT2D eigenvalue weighted by Crippen LogP contribution is -2.46. The van der Waals surface area contributed by atoms with Crippen molar-refractivity contribution >= 4 is 5.91 Å². The van der Waals surface area contributed by atoms with Crippen molar-refractivity contribution in [3.63, 3.8) is 0 Å². The molecule has 0 bridgehead atoms. The highest BCUT2D eigenvalue weighted by Gasteiger charge is 2.18. The van der Waals surface area contributed by atoms with Crippen LogP contribution in [-0.2, 0) is 4.79 Å². The number of likely N-dealkylation sites (N-methyl/N-ethyl adjacent to an activating group) is 1. The molecule has 100 valence electrons. The molecule has 2 atom stereocenters. The average Bonchev–Trinajstić information content (AvgIpc) is 2.31. The Morgan fingerprint density at radius 3 is 2.88 bits per heavy atom. The molecular weight excluding hydrogens is 214 g/mol. The van der Waals surface area contributed by atoms with E-state index in [1.807, 2.05) is 6.92 Å². The van der Waals surface area contributed by atoms with Crippen LogP contribution in [0.3, 0.4) is 0 Å². The Morgan fingerprint density at radius 2 is 2.24 bits per heavy atom. The fourth-order valence-electron chi connectivity index (χ4n) is 2.18. The Balaban J connectivity index is 2.12. The molecule has 0 aliphatic carbocycles. The van der Waals surface area contributed by atoms with Gasteiger partial charge in [-0.05, 0) is 39.8 Å². The predicted molar refractivity (Wildman–Crippen MR) is 71.0 cm³/mol. The van der Waals surface area contributed by atoms with Crippen LogP contribution in [0.4, 0.5) is 0 Å². The van der Waals surface area contributed by atoms with E-state index in [1.165, 1.54) is 25.8 Å². The molecule has 1 amide bonds. The van der Waals surface area contributed by atoms with Gasteiger partial charge in [-0.3, -0.25) is 4.79 Å². The topological polar surface area (TPSA) is 44.4 Å². The van der Waals surface area contributed by atoms with E-state index < -0.39 is 0 Å². The van der Waals surface area contributed by atoms with Gasteiger partial charge in [-0.1, -0.05) is 13.3 Å². The molecule has 0 aromatic heterocycles. The lowest BCUT2D eigenvalue weighted by molar-refractivity contribution is -0.120. The van der Waals surface area contributed by atoms with Crippen molar-refractivity contribution in [2.45, 2.75) is 51.6 Å². The van der Waals surface area contributed by atoms with Crippen molar-refractivity contribution in [3.05, 3.63) is 0 Å². The van der Waals surface area contributed by atoms with Gasteiger partial charge in [0.1, 0.15) is 0 Å². The molecular formula is C13H27N3O. The zero-order chi connectivity index (χ0) is 12.7. The predicted octanol–water partition coefficient (Wildman–Crippen LogP) is 0.975. The van der Waals surface area contributed by atoms with E-state index in [9.17, 15) is 4.79 Å². The molecule has 4 nitrogen and oxygen atoms in total. The number of carbonyl (C=O) groups is 1. The summed E-state index contributed by atoms with van der Waals surface area (Å²) in [5.41, 5.74) is 0. The largest absolute Gasteiger partial charge is 0.353 e. The van der Waals surface area contributed by atoms with Crippen LogP contribution in [0.15, 0.2) is 0 Å². The Bertz CT molecular complexity index is 233. The van der Waals surface area contributed by atoms with Gasteiger partial charge in [0, 0.05) is 18.6 Å². The average molecular weight is 241 g/mol. The van der Waals surface area contributed by atoms with Crippen LogP contribution in [0.1, 0.15) is 39.5 Å². The van der Waals surface area contributed by atoms with Crippen molar-refractivity contribution in [3.8, 4) is 0 Å². The first kappa shape index (κ1) is 14.5. The quantitative estimate of drug-likeness (QED) is 0.728. The van der Waals surface area contributed by atoms with E-state index in [-0.39, 0.29) is 11.9 Å². The highest BCUT2D eigenvalue weighted by Crippen LogP contribution is 2.13. The van der Waals surface area contributed by atoms with Crippen LogP contribution >= 0.6 is 0 Å². The first-order valence-electron chi connectivity index (χ1n) is 6.83. The van der Waals surface area contributed by atoms with Crippen molar-refractivity contribution in [2.75, 3.05) is 26.7 Å².